The first-order valence-corrected chi connectivity index (χ1v) is 17.9. The third kappa shape index (κ3) is 5.18. The molecule has 0 spiro atoms. The molecule has 0 aliphatic heterocycles. The third-order valence-corrected chi connectivity index (χ3v) is 11.2. The number of nitrogens with zero attached hydrogens (tertiary/aromatic N) is 5. The van der Waals surface area contributed by atoms with E-state index in [0.29, 0.717) is 23.0 Å². The number of rotatable bonds is 5. The van der Waals surface area contributed by atoms with Gasteiger partial charge in [-0.1, -0.05) is 98.8 Å². The molecule has 5 heteroatoms. The van der Waals surface area contributed by atoms with E-state index in [-0.39, 0.29) is 5.41 Å². The maximum Gasteiger partial charge on any atom is 0.166 e. The zero-order chi connectivity index (χ0) is 33.8. The van der Waals surface area contributed by atoms with Crippen LogP contribution in [0.5, 0.6) is 0 Å². The molecule has 7 aromatic rings. The average molecular weight is 650 g/mol. The molecule has 2 aliphatic carbocycles. The van der Waals surface area contributed by atoms with Gasteiger partial charge in [0.05, 0.1) is 22.7 Å². The Balaban J connectivity index is 1.24. The lowest BCUT2D eigenvalue weighted by atomic mass is 9.54. The van der Waals surface area contributed by atoms with Gasteiger partial charge in [-0.05, 0) is 97.2 Å². The number of fused-ring (bicyclic) bond motifs is 5. The van der Waals surface area contributed by atoms with Crippen LogP contribution in [-0.4, -0.2) is 19.5 Å². The Morgan fingerprint density at radius 2 is 1.28 bits per heavy atom. The lowest BCUT2D eigenvalue weighted by molar-refractivity contribution is 0.0780. The van der Waals surface area contributed by atoms with Gasteiger partial charge >= 0.3 is 0 Å². The summed E-state index contributed by atoms with van der Waals surface area (Å²) in [5, 5.41) is 12.0. The van der Waals surface area contributed by atoms with Gasteiger partial charge in [0.25, 0.3) is 0 Å². The number of nitriles is 1. The Hall–Kier alpha value is -5.60. The summed E-state index contributed by atoms with van der Waals surface area (Å²) in [5.74, 6) is 4.12. The summed E-state index contributed by atoms with van der Waals surface area (Å²) < 4.78 is 2.39. The van der Waals surface area contributed by atoms with Gasteiger partial charge in [-0.3, -0.25) is 0 Å². The molecule has 0 amide bonds. The molecule has 50 heavy (non-hydrogen) atoms. The van der Waals surface area contributed by atoms with E-state index in [9.17, 15) is 5.26 Å². The molecule has 9 rings (SSSR count). The molecular formula is C45H39N5. The van der Waals surface area contributed by atoms with Gasteiger partial charge in [0, 0.05) is 33.2 Å². The minimum absolute atomic E-state index is 0.280. The summed E-state index contributed by atoms with van der Waals surface area (Å²) in [6.45, 7) is 4.92. The Bertz CT molecular complexity index is 2400. The van der Waals surface area contributed by atoms with Crippen LogP contribution in [0, 0.1) is 29.1 Å². The third-order valence-electron chi connectivity index (χ3n) is 11.2. The van der Waals surface area contributed by atoms with Gasteiger partial charge in [0.2, 0.25) is 0 Å². The largest absolute Gasteiger partial charge is 0.309 e. The minimum Gasteiger partial charge on any atom is -0.309 e. The van der Waals surface area contributed by atoms with E-state index in [0.717, 1.165) is 56.6 Å². The van der Waals surface area contributed by atoms with Crippen molar-refractivity contribution in [2.24, 2.45) is 17.8 Å². The van der Waals surface area contributed by atoms with Gasteiger partial charge in [0.1, 0.15) is 0 Å². The van der Waals surface area contributed by atoms with E-state index < -0.39 is 0 Å². The van der Waals surface area contributed by atoms with Crippen LogP contribution in [0.4, 0.5) is 0 Å². The predicted molar refractivity (Wildman–Crippen MR) is 202 cm³/mol. The quantitative estimate of drug-likeness (QED) is 0.186. The molecule has 5 aromatic carbocycles. The van der Waals surface area contributed by atoms with Crippen molar-refractivity contribution in [3.63, 3.8) is 0 Å². The van der Waals surface area contributed by atoms with E-state index in [1.807, 2.05) is 48.5 Å². The molecule has 2 unspecified atom stereocenters. The molecule has 2 saturated carbocycles. The number of para-hydroxylation sites is 2. The van der Waals surface area contributed by atoms with E-state index in [2.05, 4.69) is 91.2 Å². The second-order valence-corrected chi connectivity index (χ2v) is 14.9. The summed E-state index contributed by atoms with van der Waals surface area (Å²) in [5.41, 5.74) is 8.32. The van der Waals surface area contributed by atoms with Crippen LogP contribution in [0.25, 0.3) is 61.7 Å². The van der Waals surface area contributed by atoms with Crippen LogP contribution < -0.4 is 0 Å². The van der Waals surface area contributed by atoms with Gasteiger partial charge in [-0.25, -0.2) is 15.0 Å². The van der Waals surface area contributed by atoms with Gasteiger partial charge in [-0.2, -0.15) is 5.26 Å². The second kappa shape index (κ2) is 12.1. The van der Waals surface area contributed by atoms with Crippen LogP contribution in [0.1, 0.15) is 57.1 Å². The highest BCUT2D eigenvalue weighted by molar-refractivity contribution is 6.13. The predicted octanol–water partition coefficient (Wildman–Crippen LogP) is 10.9. The Kier molecular flexibility index (Phi) is 7.35. The number of hydrogen-bond acceptors (Lipinski definition) is 4. The molecular weight excluding hydrogens is 611 g/mol. The maximum absolute atomic E-state index is 9.65. The van der Waals surface area contributed by atoms with Crippen molar-refractivity contribution in [1.82, 2.24) is 19.5 Å². The fourth-order valence-corrected chi connectivity index (χ4v) is 9.56. The molecule has 2 fully saturated rings. The number of aromatic nitrogens is 4. The first kappa shape index (κ1) is 30.5. The van der Waals surface area contributed by atoms with Crippen LogP contribution in [0.3, 0.4) is 0 Å². The molecule has 2 aliphatic rings. The van der Waals surface area contributed by atoms with Crippen molar-refractivity contribution in [2.45, 2.75) is 51.4 Å². The van der Waals surface area contributed by atoms with Gasteiger partial charge in [-0.15, -0.1) is 0 Å². The first-order chi connectivity index (χ1) is 24.5. The van der Waals surface area contributed by atoms with E-state index in [4.69, 9.17) is 15.0 Å². The van der Waals surface area contributed by atoms with E-state index in [1.54, 1.807) is 6.07 Å². The molecule has 0 saturated heterocycles. The number of hydrogen-bond donors (Lipinski definition) is 0. The molecule has 0 N–H and O–H groups in total. The highest BCUT2D eigenvalue weighted by Gasteiger charge is 2.45. The van der Waals surface area contributed by atoms with Gasteiger partial charge in [0.15, 0.2) is 17.5 Å². The smallest absolute Gasteiger partial charge is 0.166 e. The molecule has 2 aromatic heterocycles. The molecule has 2 heterocycles. The maximum atomic E-state index is 9.65. The highest BCUT2D eigenvalue weighted by atomic mass is 15.0. The monoisotopic (exact) mass is 649 g/mol. The van der Waals surface area contributed by atoms with Crippen LogP contribution in [0.15, 0.2) is 121 Å². The lowest BCUT2D eigenvalue weighted by Crippen LogP contribution is -2.42. The Morgan fingerprint density at radius 3 is 2.04 bits per heavy atom. The zero-order valence-corrected chi connectivity index (χ0v) is 28.6. The van der Waals surface area contributed by atoms with Crippen molar-refractivity contribution >= 4 is 21.8 Å². The minimum atomic E-state index is 0.280. The second-order valence-electron chi connectivity index (χ2n) is 14.9. The molecule has 244 valence electrons. The van der Waals surface area contributed by atoms with Crippen molar-refractivity contribution in [3.8, 4) is 45.9 Å². The summed E-state index contributed by atoms with van der Waals surface area (Å²) in [6, 6.07) is 44.4. The van der Waals surface area contributed by atoms with Crippen molar-refractivity contribution in [1.29, 1.82) is 5.26 Å². The van der Waals surface area contributed by atoms with E-state index in [1.165, 1.54) is 43.1 Å². The summed E-state index contributed by atoms with van der Waals surface area (Å²) >= 11 is 0. The molecule has 2 bridgehead atoms. The number of benzene rings is 5. The Labute approximate surface area is 293 Å². The van der Waals surface area contributed by atoms with Crippen molar-refractivity contribution in [2.75, 3.05) is 0 Å². The summed E-state index contributed by atoms with van der Waals surface area (Å²) in [7, 11) is 0. The summed E-state index contributed by atoms with van der Waals surface area (Å²) in [6.07, 6.45) is 6.65. The standard InChI is InChI=1S/C45H39N5/c1-29-22-32-23-30(2)26-45(25-29,27-32)35-18-20-36(21-19-35)50-40-17-7-6-14-37(40)38-15-9-16-39(41(38)50)44-48-42(33-11-4-3-5-12-33)47-43(49-44)34-13-8-10-31(24-34)28-46/h3-21,24,29-30,32H,22-23,25-27H2,1-2H3/t29-,30+,32?,45?. The lowest BCUT2D eigenvalue weighted by Gasteiger charge is -2.50. The van der Waals surface area contributed by atoms with Gasteiger partial charge < -0.3 is 4.57 Å². The van der Waals surface area contributed by atoms with Crippen molar-refractivity contribution < 1.29 is 0 Å². The Morgan fingerprint density at radius 1 is 0.640 bits per heavy atom. The fraction of sp³-hybridized carbons (Fsp3) is 0.244. The normalized spacial score (nSPS) is 21.7. The molecule has 5 nitrogen and oxygen atoms in total. The molecule has 4 atom stereocenters. The van der Waals surface area contributed by atoms with Crippen LogP contribution in [-0.2, 0) is 5.41 Å². The van der Waals surface area contributed by atoms with Crippen molar-refractivity contribution in [3.05, 3.63) is 132 Å². The van der Waals surface area contributed by atoms with Crippen LogP contribution >= 0.6 is 0 Å². The molecule has 0 radical (unpaired) electrons. The SMILES string of the molecule is C[C@@H]1CC2C[C@H](C)CC(c3ccc(-n4c5ccccc5c5cccc(-c6nc(-c7ccccc7)nc(-c7cccc(C#N)c7)n6)c54)cc3)(C2)C1. The van der Waals surface area contributed by atoms with E-state index >= 15 is 0 Å². The average Bonchev–Trinajstić information content (AvgIpc) is 3.49. The topological polar surface area (TPSA) is 67.4 Å². The highest BCUT2D eigenvalue weighted by Crippen LogP contribution is 2.54. The summed E-state index contributed by atoms with van der Waals surface area (Å²) in [4.78, 5) is 15.2. The fourth-order valence-electron chi connectivity index (χ4n) is 9.56. The first-order valence-electron chi connectivity index (χ1n) is 17.9. The zero-order valence-electron chi connectivity index (χ0n) is 28.6. The van der Waals surface area contributed by atoms with Crippen LogP contribution in [0.2, 0.25) is 0 Å².